The minimum atomic E-state index is 0.739. The first-order valence-corrected chi connectivity index (χ1v) is 9.20. The quantitative estimate of drug-likeness (QED) is 0.724. The molecule has 7 nitrogen and oxygen atoms in total. The van der Waals surface area contributed by atoms with Gasteiger partial charge in [-0.05, 0) is 13.1 Å². The molecule has 0 amide bonds. The molecule has 0 aliphatic carbocycles. The van der Waals surface area contributed by atoms with Gasteiger partial charge in [-0.1, -0.05) is 30.3 Å². The van der Waals surface area contributed by atoms with Gasteiger partial charge < -0.3 is 9.64 Å². The Morgan fingerprint density at radius 2 is 1.81 bits per heavy atom. The van der Waals surface area contributed by atoms with Crippen LogP contribution >= 0.6 is 0 Å². The lowest BCUT2D eigenvalue weighted by Gasteiger charge is -2.26. The van der Waals surface area contributed by atoms with Crippen molar-refractivity contribution in [2.75, 3.05) is 38.3 Å². The molecular weight excluding hydrogens is 340 g/mol. The van der Waals surface area contributed by atoms with Gasteiger partial charge in [0.05, 0.1) is 18.9 Å². The van der Waals surface area contributed by atoms with E-state index < -0.39 is 0 Å². The first-order chi connectivity index (χ1) is 13.3. The highest BCUT2D eigenvalue weighted by molar-refractivity contribution is 5.58. The van der Waals surface area contributed by atoms with Crippen LogP contribution in [-0.2, 0) is 17.8 Å². The van der Waals surface area contributed by atoms with E-state index in [9.17, 15) is 0 Å². The summed E-state index contributed by atoms with van der Waals surface area (Å²) in [5.74, 6) is 0.783. The number of benzene rings is 1. The van der Waals surface area contributed by atoms with Gasteiger partial charge in [0.25, 0.3) is 0 Å². The number of aromatic nitrogens is 4. The van der Waals surface area contributed by atoms with Crippen molar-refractivity contribution in [3.8, 4) is 11.3 Å². The molecular formula is C20H24N6O. The van der Waals surface area contributed by atoms with Gasteiger partial charge in [0.1, 0.15) is 0 Å². The zero-order valence-corrected chi connectivity index (χ0v) is 15.5. The summed E-state index contributed by atoms with van der Waals surface area (Å²) in [5.41, 5.74) is 4.27. The molecule has 0 spiro atoms. The fraction of sp³-hybridized carbons (Fsp3) is 0.350. The third-order valence-electron chi connectivity index (χ3n) is 4.58. The summed E-state index contributed by atoms with van der Waals surface area (Å²) in [7, 11) is 2.08. The minimum Gasteiger partial charge on any atom is -0.378 e. The fourth-order valence-electron chi connectivity index (χ4n) is 3.21. The van der Waals surface area contributed by atoms with Gasteiger partial charge in [0.2, 0.25) is 5.95 Å². The zero-order valence-electron chi connectivity index (χ0n) is 15.5. The molecule has 1 saturated heterocycles. The second-order valence-corrected chi connectivity index (χ2v) is 6.81. The number of hydrogen-bond acceptors (Lipinski definition) is 6. The van der Waals surface area contributed by atoms with Crippen LogP contribution in [0, 0.1) is 0 Å². The van der Waals surface area contributed by atoms with Crippen LogP contribution in [0.1, 0.15) is 11.3 Å². The molecule has 1 aliphatic heterocycles. The Balaban J connectivity index is 1.34. The molecule has 4 rings (SSSR count). The van der Waals surface area contributed by atoms with Crippen molar-refractivity contribution in [1.29, 1.82) is 0 Å². The summed E-state index contributed by atoms with van der Waals surface area (Å²) in [6, 6.07) is 12.3. The Morgan fingerprint density at radius 3 is 2.56 bits per heavy atom. The number of morpholine rings is 1. The second-order valence-electron chi connectivity index (χ2n) is 6.81. The monoisotopic (exact) mass is 364 g/mol. The van der Waals surface area contributed by atoms with Crippen LogP contribution in [0.25, 0.3) is 11.3 Å². The summed E-state index contributed by atoms with van der Waals surface area (Å²) < 4.78 is 5.37. The molecule has 0 radical (unpaired) electrons. The topological polar surface area (TPSA) is 70.2 Å². The molecule has 1 N–H and O–H groups in total. The van der Waals surface area contributed by atoms with Crippen LogP contribution in [0.15, 0.2) is 48.8 Å². The van der Waals surface area contributed by atoms with Gasteiger partial charge in [-0.15, -0.1) is 0 Å². The highest BCUT2D eigenvalue weighted by Crippen LogP contribution is 2.18. The molecule has 0 bridgehead atoms. The van der Waals surface area contributed by atoms with Crippen LogP contribution in [0.5, 0.6) is 0 Å². The predicted octanol–water partition coefficient (Wildman–Crippen LogP) is 2.34. The SMILES string of the molecule is CN(Cc1cnc(N2CCOCC2)nc1)Cc1cc(-c2ccccc2)n[nH]1. The van der Waals surface area contributed by atoms with E-state index in [4.69, 9.17) is 4.74 Å². The lowest BCUT2D eigenvalue weighted by Crippen LogP contribution is -2.37. The molecule has 1 fully saturated rings. The highest BCUT2D eigenvalue weighted by Gasteiger charge is 2.14. The van der Waals surface area contributed by atoms with Crippen molar-refractivity contribution in [2.45, 2.75) is 13.1 Å². The Morgan fingerprint density at radius 1 is 1.07 bits per heavy atom. The van der Waals surface area contributed by atoms with E-state index in [0.29, 0.717) is 0 Å². The maximum absolute atomic E-state index is 5.37. The summed E-state index contributed by atoms with van der Waals surface area (Å²) in [6.07, 6.45) is 3.83. The van der Waals surface area contributed by atoms with E-state index in [1.807, 2.05) is 30.6 Å². The van der Waals surface area contributed by atoms with Crippen molar-refractivity contribution in [3.05, 3.63) is 60.0 Å². The van der Waals surface area contributed by atoms with E-state index in [1.54, 1.807) is 0 Å². The van der Waals surface area contributed by atoms with E-state index in [-0.39, 0.29) is 0 Å². The van der Waals surface area contributed by atoms with Gasteiger partial charge >= 0.3 is 0 Å². The van der Waals surface area contributed by atoms with E-state index in [2.05, 4.69) is 55.2 Å². The lowest BCUT2D eigenvalue weighted by atomic mass is 10.1. The van der Waals surface area contributed by atoms with Gasteiger partial charge in [-0.3, -0.25) is 10.00 Å². The van der Waals surface area contributed by atoms with Crippen LogP contribution in [0.4, 0.5) is 5.95 Å². The van der Waals surface area contributed by atoms with Crippen molar-refractivity contribution < 1.29 is 4.74 Å². The maximum atomic E-state index is 5.37. The number of anilines is 1. The summed E-state index contributed by atoms with van der Waals surface area (Å²) >= 11 is 0. The van der Waals surface area contributed by atoms with Crippen molar-refractivity contribution in [1.82, 2.24) is 25.1 Å². The van der Waals surface area contributed by atoms with Gasteiger partial charge in [0, 0.05) is 55.4 Å². The maximum Gasteiger partial charge on any atom is 0.225 e. The molecule has 1 aromatic carbocycles. The minimum absolute atomic E-state index is 0.739. The third-order valence-corrected chi connectivity index (χ3v) is 4.58. The van der Waals surface area contributed by atoms with Crippen molar-refractivity contribution in [3.63, 3.8) is 0 Å². The molecule has 140 valence electrons. The molecule has 3 heterocycles. The smallest absolute Gasteiger partial charge is 0.225 e. The number of hydrogen-bond donors (Lipinski definition) is 1. The molecule has 3 aromatic rings. The zero-order chi connectivity index (χ0) is 18.5. The van der Waals surface area contributed by atoms with Gasteiger partial charge in [-0.25, -0.2) is 9.97 Å². The Labute approximate surface area is 159 Å². The number of rotatable bonds is 6. The molecule has 0 atom stereocenters. The van der Waals surface area contributed by atoms with Crippen molar-refractivity contribution in [2.24, 2.45) is 0 Å². The number of nitrogens with zero attached hydrogens (tertiary/aromatic N) is 5. The van der Waals surface area contributed by atoms with E-state index >= 15 is 0 Å². The number of H-pyrrole nitrogens is 1. The Bertz CT molecular complexity index is 842. The summed E-state index contributed by atoms with van der Waals surface area (Å²) in [6.45, 7) is 4.74. The average molecular weight is 364 g/mol. The number of aromatic amines is 1. The van der Waals surface area contributed by atoms with Gasteiger partial charge in [-0.2, -0.15) is 5.10 Å². The first-order valence-electron chi connectivity index (χ1n) is 9.20. The van der Waals surface area contributed by atoms with Crippen molar-refractivity contribution >= 4 is 5.95 Å². The number of nitrogens with one attached hydrogen (secondary N) is 1. The molecule has 0 unspecified atom stereocenters. The molecule has 7 heteroatoms. The number of ether oxygens (including phenoxy) is 1. The Hall–Kier alpha value is -2.77. The molecule has 27 heavy (non-hydrogen) atoms. The molecule has 1 aliphatic rings. The summed E-state index contributed by atoms with van der Waals surface area (Å²) in [5, 5.41) is 7.55. The largest absolute Gasteiger partial charge is 0.378 e. The standard InChI is InChI=1S/C20H24N6O/c1-25(15-18-11-19(24-23-18)17-5-3-2-4-6-17)14-16-12-21-20(22-13-16)26-7-9-27-10-8-26/h2-6,11-13H,7-10,14-15H2,1H3,(H,23,24). The van der Waals surface area contributed by atoms with E-state index in [1.165, 1.54) is 0 Å². The van der Waals surface area contributed by atoms with Crippen LogP contribution < -0.4 is 4.90 Å². The second kappa shape index (κ2) is 8.28. The lowest BCUT2D eigenvalue weighted by molar-refractivity contribution is 0.122. The Kier molecular flexibility index (Phi) is 5.41. The van der Waals surface area contributed by atoms with Gasteiger partial charge in [0.15, 0.2) is 0 Å². The summed E-state index contributed by atoms with van der Waals surface area (Å²) in [4.78, 5) is 13.4. The molecule has 0 saturated carbocycles. The normalized spacial score (nSPS) is 14.7. The highest BCUT2D eigenvalue weighted by atomic mass is 16.5. The fourth-order valence-corrected chi connectivity index (χ4v) is 3.21. The average Bonchev–Trinajstić information content (AvgIpc) is 3.18. The van der Waals surface area contributed by atoms with Crippen LogP contribution in [-0.4, -0.2) is 58.4 Å². The predicted molar refractivity (Wildman–Crippen MR) is 104 cm³/mol. The third kappa shape index (κ3) is 4.50. The molecule has 2 aromatic heterocycles. The first kappa shape index (κ1) is 17.6. The van der Waals surface area contributed by atoms with Crippen LogP contribution in [0.2, 0.25) is 0 Å². The van der Waals surface area contributed by atoms with E-state index in [0.717, 1.165) is 67.9 Å². The van der Waals surface area contributed by atoms with Crippen LogP contribution in [0.3, 0.4) is 0 Å².